The van der Waals surface area contributed by atoms with Crippen molar-refractivity contribution in [3.8, 4) is 5.75 Å². The lowest BCUT2D eigenvalue weighted by molar-refractivity contribution is 0.146. The minimum Gasteiger partial charge on any atom is -0.492 e. The number of hydrogen-bond donors (Lipinski definition) is 0. The summed E-state index contributed by atoms with van der Waals surface area (Å²) in [6.07, 6.45) is 0. The van der Waals surface area contributed by atoms with Gasteiger partial charge in [-0.1, -0.05) is 48.5 Å². The van der Waals surface area contributed by atoms with E-state index < -0.39 is 0 Å². The molecule has 0 bridgehead atoms. The van der Waals surface area contributed by atoms with Gasteiger partial charge in [-0.3, -0.25) is 4.90 Å². The molecule has 0 aliphatic rings. The van der Waals surface area contributed by atoms with Gasteiger partial charge in [-0.15, -0.1) is 24.0 Å². The minimum atomic E-state index is 0. The summed E-state index contributed by atoms with van der Waals surface area (Å²) < 4.78 is 5.98. The topological polar surface area (TPSA) is 12.5 Å². The van der Waals surface area contributed by atoms with Crippen molar-refractivity contribution in [1.82, 2.24) is 4.90 Å². The molecule has 0 aliphatic carbocycles. The maximum absolute atomic E-state index is 5.98. The molecule has 1 unspecified atom stereocenters. The van der Waals surface area contributed by atoms with E-state index in [4.69, 9.17) is 16.3 Å². The number of aryl methyl sites for hydroxylation is 1. The molecule has 23 heavy (non-hydrogen) atoms. The summed E-state index contributed by atoms with van der Waals surface area (Å²) in [6, 6.07) is 18.9. The molecule has 0 radical (unpaired) electrons. The zero-order valence-electron chi connectivity index (χ0n) is 13.7. The van der Waals surface area contributed by atoms with Crippen LogP contribution in [0.3, 0.4) is 0 Å². The van der Waals surface area contributed by atoms with Crippen molar-refractivity contribution in [3.63, 3.8) is 0 Å². The first-order valence-electron chi connectivity index (χ1n) is 7.73. The van der Waals surface area contributed by atoms with Crippen molar-refractivity contribution < 1.29 is 4.74 Å². The van der Waals surface area contributed by atoms with E-state index in [2.05, 4.69) is 49.1 Å². The molecule has 0 saturated carbocycles. The Morgan fingerprint density at radius 1 is 1.04 bits per heavy atom. The molecule has 0 aliphatic heterocycles. The van der Waals surface area contributed by atoms with Crippen molar-refractivity contribution in [2.45, 2.75) is 26.4 Å². The molecular formula is C19H25Cl2NO. The first-order valence-corrected chi connectivity index (χ1v) is 8.26. The quantitative estimate of drug-likeness (QED) is 0.624. The number of benzene rings is 2. The highest BCUT2D eigenvalue weighted by Crippen LogP contribution is 2.17. The van der Waals surface area contributed by atoms with Gasteiger partial charge in [0.2, 0.25) is 0 Å². The number of nitrogens with zero attached hydrogens (tertiary/aromatic N) is 1. The van der Waals surface area contributed by atoms with Crippen LogP contribution in [0.5, 0.6) is 5.75 Å². The molecule has 0 heterocycles. The fourth-order valence-corrected chi connectivity index (χ4v) is 2.63. The molecule has 0 amide bonds. The van der Waals surface area contributed by atoms with Gasteiger partial charge in [0.05, 0.1) is 0 Å². The third-order valence-corrected chi connectivity index (χ3v) is 3.97. The monoisotopic (exact) mass is 353 g/mol. The van der Waals surface area contributed by atoms with Gasteiger partial charge < -0.3 is 4.74 Å². The van der Waals surface area contributed by atoms with Gasteiger partial charge >= 0.3 is 0 Å². The Labute approximate surface area is 150 Å². The average Bonchev–Trinajstić information content (AvgIpc) is 2.54. The van der Waals surface area contributed by atoms with E-state index >= 15 is 0 Å². The van der Waals surface area contributed by atoms with Crippen LogP contribution in [-0.2, 0) is 6.54 Å². The highest BCUT2D eigenvalue weighted by atomic mass is 35.5. The van der Waals surface area contributed by atoms with Crippen molar-refractivity contribution in [2.24, 2.45) is 0 Å². The predicted molar refractivity (Wildman–Crippen MR) is 101 cm³/mol. The van der Waals surface area contributed by atoms with Crippen molar-refractivity contribution in [2.75, 3.05) is 19.0 Å². The third-order valence-electron chi connectivity index (χ3n) is 3.80. The van der Waals surface area contributed by atoms with Gasteiger partial charge in [-0.05, 0) is 31.0 Å². The van der Waals surface area contributed by atoms with Crippen LogP contribution in [0.25, 0.3) is 0 Å². The van der Waals surface area contributed by atoms with Crippen molar-refractivity contribution in [3.05, 3.63) is 65.7 Å². The maximum atomic E-state index is 5.98. The number of hydrogen-bond acceptors (Lipinski definition) is 2. The van der Waals surface area contributed by atoms with E-state index in [0.717, 1.165) is 18.8 Å². The van der Waals surface area contributed by atoms with E-state index in [1.165, 1.54) is 11.1 Å². The molecule has 4 heteroatoms. The molecule has 2 nitrogen and oxygen atoms in total. The first-order chi connectivity index (χ1) is 10.7. The van der Waals surface area contributed by atoms with Crippen LogP contribution in [0.1, 0.15) is 18.1 Å². The molecule has 2 aromatic carbocycles. The van der Waals surface area contributed by atoms with Crippen LogP contribution in [0.15, 0.2) is 54.6 Å². The summed E-state index contributed by atoms with van der Waals surface area (Å²) in [4.78, 5) is 2.36. The van der Waals surface area contributed by atoms with Gasteiger partial charge in [0.25, 0.3) is 0 Å². The van der Waals surface area contributed by atoms with E-state index in [1.54, 1.807) is 0 Å². The van der Waals surface area contributed by atoms with Crippen LogP contribution in [0.2, 0.25) is 0 Å². The largest absolute Gasteiger partial charge is 0.492 e. The first kappa shape index (κ1) is 19.8. The second kappa shape index (κ2) is 10.5. The number of ether oxygens (including phenoxy) is 1. The summed E-state index contributed by atoms with van der Waals surface area (Å²) in [5, 5.41) is 0. The van der Waals surface area contributed by atoms with Crippen LogP contribution >= 0.6 is 24.0 Å². The Balaban J connectivity index is 0.00000264. The van der Waals surface area contributed by atoms with E-state index in [1.807, 2.05) is 24.3 Å². The lowest BCUT2D eigenvalue weighted by Gasteiger charge is -2.28. The Hall–Kier alpha value is -1.22. The van der Waals surface area contributed by atoms with Gasteiger partial charge in [0, 0.05) is 25.0 Å². The lowest BCUT2D eigenvalue weighted by Crippen LogP contribution is -2.38. The molecule has 0 spiro atoms. The van der Waals surface area contributed by atoms with E-state index in [0.29, 0.717) is 18.5 Å². The Kier molecular flexibility index (Phi) is 9.08. The SMILES string of the molecule is Cc1ccccc1OCC(C)N(CCCl)Cc1ccccc1.Cl. The zero-order chi connectivity index (χ0) is 15.8. The minimum absolute atomic E-state index is 0. The molecule has 2 rings (SSSR count). The Morgan fingerprint density at radius 2 is 1.70 bits per heavy atom. The average molecular weight is 354 g/mol. The number of alkyl halides is 1. The number of para-hydroxylation sites is 1. The maximum Gasteiger partial charge on any atom is 0.122 e. The predicted octanol–water partition coefficient (Wildman–Crippen LogP) is 4.93. The normalized spacial score (nSPS) is 11.8. The van der Waals surface area contributed by atoms with Crippen LogP contribution in [0, 0.1) is 6.92 Å². The summed E-state index contributed by atoms with van der Waals surface area (Å²) in [5.41, 5.74) is 2.47. The second-order valence-electron chi connectivity index (χ2n) is 5.57. The third kappa shape index (κ3) is 6.42. The van der Waals surface area contributed by atoms with E-state index in [9.17, 15) is 0 Å². The molecule has 0 saturated heterocycles. The smallest absolute Gasteiger partial charge is 0.122 e. The standard InChI is InChI=1S/C19H24ClNO.ClH/c1-16-8-6-7-11-19(16)22-15-17(2)21(13-12-20)14-18-9-4-3-5-10-18;/h3-11,17H,12-15H2,1-2H3;1H. The van der Waals surface area contributed by atoms with Crippen molar-refractivity contribution in [1.29, 1.82) is 0 Å². The van der Waals surface area contributed by atoms with Gasteiger partial charge in [-0.2, -0.15) is 0 Å². The highest BCUT2D eigenvalue weighted by Gasteiger charge is 2.15. The van der Waals surface area contributed by atoms with Crippen LogP contribution in [-0.4, -0.2) is 30.0 Å². The molecule has 2 aromatic rings. The zero-order valence-corrected chi connectivity index (χ0v) is 15.3. The van der Waals surface area contributed by atoms with Crippen LogP contribution < -0.4 is 4.74 Å². The lowest BCUT2D eigenvalue weighted by atomic mass is 10.2. The molecule has 0 fully saturated rings. The van der Waals surface area contributed by atoms with E-state index in [-0.39, 0.29) is 12.4 Å². The molecule has 1 atom stereocenters. The van der Waals surface area contributed by atoms with Crippen molar-refractivity contribution >= 4 is 24.0 Å². The highest BCUT2D eigenvalue weighted by molar-refractivity contribution is 6.18. The van der Waals surface area contributed by atoms with Gasteiger partial charge in [-0.25, -0.2) is 0 Å². The Bertz CT molecular complexity index is 562. The van der Waals surface area contributed by atoms with Gasteiger partial charge in [0.1, 0.15) is 12.4 Å². The summed E-state index contributed by atoms with van der Waals surface area (Å²) in [6.45, 7) is 6.67. The molecule has 126 valence electrons. The summed E-state index contributed by atoms with van der Waals surface area (Å²) in [5.74, 6) is 1.58. The summed E-state index contributed by atoms with van der Waals surface area (Å²) in [7, 11) is 0. The number of halogens is 2. The number of rotatable bonds is 8. The second-order valence-corrected chi connectivity index (χ2v) is 5.95. The summed E-state index contributed by atoms with van der Waals surface area (Å²) >= 11 is 5.97. The Morgan fingerprint density at radius 3 is 2.35 bits per heavy atom. The fraction of sp³-hybridized carbons (Fsp3) is 0.368. The van der Waals surface area contributed by atoms with Crippen LogP contribution in [0.4, 0.5) is 0 Å². The fourth-order valence-electron chi connectivity index (χ4n) is 2.42. The molecule has 0 N–H and O–H groups in total. The molecule has 0 aromatic heterocycles. The van der Waals surface area contributed by atoms with Gasteiger partial charge in [0.15, 0.2) is 0 Å². The molecular weight excluding hydrogens is 329 g/mol.